The summed E-state index contributed by atoms with van der Waals surface area (Å²) < 4.78 is 54.2. The van der Waals surface area contributed by atoms with Gasteiger partial charge in [-0.2, -0.15) is 0 Å². The number of methoxy groups -OCH3 is 3. The summed E-state index contributed by atoms with van der Waals surface area (Å²) in [6.07, 6.45) is 6.44. The Morgan fingerprint density at radius 3 is 1.15 bits per heavy atom. The molecule has 0 radical (unpaired) electrons. The van der Waals surface area contributed by atoms with Crippen molar-refractivity contribution >= 4 is 32.3 Å². The fourth-order valence-corrected chi connectivity index (χ4v) is 7.38. The van der Waals surface area contributed by atoms with Gasteiger partial charge in [-0.1, -0.05) is 51.7 Å². The van der Waals surface area contributed by atoms with Crippen LogP contribution in [0.2, 0.25) is 0 Å². The van der Waals surface area contributed by atoms with Gasteiger partial charge in [-0.05, 0) is 147 Å². The molecule has 0 unspecified atom stereocenters. The van der Waals surface area contributed by atoms with Crippen LogP contribution in [0.5, 0.6) is 34.5 Å². The van der Waals surface area contributed by atoms with Gasteiger partial charge >= 0.3 is 0 Å². The smallest absolute Gasteiger partial charge is 0.120 e. The number of ether oxygens (including phenoxy) is 9. The summed E-state index contributed by atoms with van der Waals surface area (Å²) in [5.41, 5.74) is 3.93. The Hall–Kier alpha value is -5.22. The van der Waals surface area contributed by atoms with E-state index >= 15 is 0 Å². The van der Waals surface area contributed by atoms with Crippen LogP contribution in [0.15, 0.2) is 84.9 Å². The molecule has 6 aromatic rings. The molecule has 0 saturated heterocycles. The molecule has 6 rings (SSSR count). The van der Waals surface area contributed by atoms with Crippen LogP contribution in [-0.4, -0.2) is 80.8 Å². The summed E-state index contributed by atoms with van der Waals surface area (Å²) in [5.74, 6) is 4.60. The third-order valence-electron chi connectivity index (χ3n) is 10.4. The zero-order valence-electron chi connectivity index (χ0n) is 36.4. The lowest BCUT2D eigenvalue weighted by Crippen LogP contribution is -2.05. The zero-order valence-corrected chi connectivity index (χ0v) is 36.4. The molecule has 0 fully saturated rings. The van der Waals surface area contributed by atoms with Crippen molar-refractivity contribution in [3.63, 3.8) is 0 Å². The van der Waals surface area contributed by atoms with E-state index in [2.05, 4.69) is 86.6 Å². The minimum Gasteiger partial charge on any atom is -0.494 e. The average molecular weight is 819 g/mol. The molecule has 0 atom stereocenters. The molecule has 0 bridgehead atoms. The Morgan fingerprint density at radius 2 is 0.700 bits per heavy atom. The van der Waals surface area contributed by atoms with Gasteiger partial charge in [-0.25, -0.2) is 0 Å². The Kier molecular flexibility index (Phi) is 17.0. The van der Waals surface area contributed by atoms with Gasteiger partial charge in [0.1, 0.15) is 54.3 Å². The first-order valence-electron chi connectivity index (χ1n) is 21.5. The summed E-state index contributed by atoms with van der Waals surface area (Å²) in [5, 5.41) is 6.12. The van der Waals surface area contributed by atoms with Crippen LogP contribution in [0.1, 0.15) is 59.3 Å². The Balaban J connectivity index is 1.66. The van der Waals surface area contributed by atoms with Crippen molar-refractivity contribution < 1.29 is 42.6 Å². The predicted molar refractivity (Wildman–Crippen MR) is 243 cm³/mol. The largest absolute Gasteiger partial charge is 0.494 e. The number of fused-ring (bicyclic) bond motifs is 3. The van der Waals surface area contributed by atoms with Crippen LogP contribution in [0.3, 0.4) is 0 Å². The fourth-order valence-electron chi connectivity index (χ4n) is 7.38. The molecule has 0 aliphatic rings. The second kappa shape index (κ2) is 23.0. The summed E-state index contributed by atoms with van der Waals surface area (Å²) in [6, 6.07) is 29.5. The minimum absolute atomic E-state index is 0.387. The van der Waals surface area contributed by atoms with E-state index in [4.69, 9.17) is 42.6 Å². The van der Waals surface area contributed by atoms with E-state index in [1.165, 1.54) is 12.8 Å². The molecule has 9 heteroatoms. The highest BCUT2D eigenvalue weighted by Gasteiger charge is 2.20. The van der Waals surface area contributed by atoms with Gasteiger partial charge in [0, 0.05) is 21.3 Å². The SMILES string of the molecule is CCCCCCOc1cc(-c2cc(OCCOC)cc3c(-c4cc(OCCOC)cc5ccc(OCC)cc45)cc(OCCCC)cc23)c2cc(OCCOC)ccc2c1. The van der Waals surface area contributed by atoms with E-state index in [1.807, 2.05) is 19.1 Å². The number of hydrogen-bond acceptors (Lipinski definition) is 9. The minimum atomic E-state index is 0.387. The van der Waals surface area contributed by atoms with Crippen molar-refractivity contribution in [1.82, 2.24) is 0 Å². The van der Waals surface area contributed by atoms with E-state index in [0.717, 1.165) is 109 Å². The number of unbranched alkanes of at least 4 members (excludes halogenated alkanes) is 4. The molecule has 0 saturated carbocycles. The van der Waals surface area contributed by atoms with Crippen LogP contribution < -0.4 is 28.4 Å². The molecule has 0 aliphatic heterocycles. The summed E-state index contributed by atoms with van der Waals surface area (Å²) in [6.45, 7) is 10.8. The van der Waals surface area contributed by atoms with Crippen LogP contribution in [0.25, 0.3) is 54.6 Å². The Labute approximate surface area is 355 Å². The second-order valence-electron chi connectivity index (χ2n) is 14.8. The van der Waals surface area contributed by atoms with Crippen LogP contribution in [-0.2, 0) is 14.2 Å². The molecule has 0 aliphatic carbocycles. The van der Waals surface area contributed by atoms with Crippen molar-refractivity contribution in [2.75, 3.05) is 80.8 Å². The van der Waals surface area contributed by atoms with Gasteiger partial charge in [0.2, 0.25) is 0 Å². The lowest BCUT2D eigenvalue weighted by molar-refractivity contribution is 0.146. The van der Waals surface area contributed by atoms with Crippen molar-refractivity contribution in [2.24, 2.45) is 0 Å². The predicted octanol–water partition coefficient (Wildman–Crippen LogP) is 12.1. The van der Waals surface area contributed by atoms with Gasteiger partial charge in [0.25, 0.3) is 0 Å². The lowest BCUT2D eigenvalue weighted by atomic mass is 9.88. The number of rotatable bonds is 26. The van der Waals surface area contributed by atoms with Gasteiger partial charge in [-0.3, -0.25) is 0 Å². The van der Waals surface area contributed by atoms with Gasteiger partial charge < -0.3 is 42.6 Å². The molecule has 0 aromatic heterocycles. The molecule has 0 N–H and O–H groups in total. The molecule has 9 nitrogen and oxygen atoms in total. The topological polar surface area (TPSA) is 83.1 Å². The van der Waals surface area contributed by atoms with E-state index in [-0.39, 0.29) is 0 Å². The second-order valence-corrected chi connectivity index (χ2v) is 14.8. The van der Waals surface area contributed by atoms with Gasteiger partial charge in [0.15, 0.2) is 0 Å². The molecule has 6 aromatic carbocycles. The molecule has 0 heterocycles. The van der Waals surface area contributed by atoms with Crippen molar-refractivity contribution in [3.8, 4) is 56.8 Å². The zero-order chi connectivity index (χ0) is 42.1. The molecule has 320 valence electrons. The highest BCUT2D eigenvalue weighted by atomic mass is 16.5. The third kappa shape index (κ3) is 11.5. The highest BCUT2D eigenvalue weighted by Crippen LogP contribution is 2.46. The molecule has 0 spiro atoms. The first kappa shape index (κ1) is 44.3. The van der Waals surface area contributed by atoms with Crippen molar-refractivity contribution in [2.45, 2.75) is 59.3 Å². The molecule has 60 heavy (non-hydrogen) atoms. The third-order valence-corrected chi connectivity index (χ3v) is 10.4. The quantitative estimate of drug-likeness (QED) is 0.0497. The maximum Gasteiger partial charge on any atom is 0.120 e. The standard InChI is InChI=1S/C51H62O9/c1-7-10-12-13-19-57-40-26-37-15-17-39(58-23-20-52-4)29-45(37)46(30-40)49-34-43(60-25-22-54-6)35-51-48(32-42(33-50(49)51)56-18-11-8-2)47-31-41(59-24-21-53-5)27-36-14-16-38(55-9-3)28-44(36)47/h14-17,26-35H,7-13,18-25H2,1-6H3. The van der Waals surface area contributed by atoms with Crippen LogP contribution in [0, 0.1) is 0 Å². The number of benzene rings is 6. The maximum absolute atomic E-state index is 6.60. The number of hydrogen-bond donors (Lipinski definition) is 0. The van der Waals surface area contributed by atoms with E-state index in [0.29, 0.717) is 65.2 Å². The summed E-state index contributed by atoms with van der Waals surface area (Å²) in [7, 11) is 5.04. The monoisotopic (exact) mass is 818 g/mol. The van der Waals surface area contributed by atoms with E-state index in [1.54, 1.807) is 21.3 Å². The van der Waals surface area contributed by atoms with Crippen LogP contribution in [0.4, 0.5) is 0 Å². The Morgan fingerprint density at radius 1 is 0.317 bits per heavy atom. The normalized spacial score (nSPS) is 11.4. The summed E-state index contributed by atoms with van der Waals surface area (Å²) >= 11 is 0. The Bertz CT molecular complexity index is 2280. The van der Waals surface area contributed by atoms with Crippen LogP contribution >= 0.6 is 0 Å². The maximum atomic E-state index is 6.60. The molecule has 0 amide bonds. The lowest BCUT2D eigenvalue weighted by Gasteiger charge is -2.20. The van der Waals surface area contributed by atoms with E-state index in [9.17, 15) is 0 Å². The van der Waals surface area contributed by atoms with Gasteiger partial charge in [0.05, 0.1) is 39.6 Å². The summed E-state index contributed by atoms with van der Waals surface area (Å²) in [4.78, 5) is 0. The van der Waals surface area contributed by atoms with Crippen molar-refractivity contribution in [1.29, 1.82) is 0 Å². The first-order chi connectivity index (χ1) is 29.5. The fraction of sp³-hybridized carbons (Fsp3) is 0.412. The first-order valence-corrected chi connectivity index (χ1v) is 21.5. The molecular formula is C51H62O9. The average Bonchev–Trinajstić information content (AvgIpc) is 3.26. The van der Waals surface area contributed by atoms with Crippen molar-refractivity contribution in [3.05, 3.63) is 84.9 Å². The highest BCUT2D eigenvalue weighted by molar-refractivity contribution is 6.13. The molecular weight excluding hydrogens is 757 g/mol. The van der Waals surface area contributed by atoms with Gasteiger partial charge in [-0.15, -0.1) is 0 Å². The van der Waals surface area contributed by atoms with E-state index < -0.39 is 0 Å².